The van der Waals surface area contributed by atoms with E-state index in [2.05, 4.69) is 36.1 Å². The van der Waals surface area contributed by atoms with Crippen LogP contribution in [0.2, 0.25) is 0 Å². The number of benzene rings is 2. The molecule has 0 heterocycles. The number of hydrogen-bond donors (Lipinski definition) is 1. The van der Waals surface area contributed by atoms with Crippen molar-refractivity contribution in [1.82, 2.24) is 4.90 Å². The van der Waals surface area contributed by atoms with Crippen LogP contribution in [0.1, 0.15) is 16.7 Å². The van der Waals surface area contributed by atoms with Gasteiger partial charge in [0.15, 0.2) is 0 Å². The molecule has 2 rings (SSSR count). The Morgan fingerprint density at radius 1 is 1.05 bits per heavy atom. The Morgan fingerprint density at radius 3 is 2.37 bits per heavy atom. The summed E-state index contributed by atoms with van der Waals surface area (Å²) in [4.78, 5) is 2.05. The number of aryl methyl sites for hydroxylation is 1. The van der Waals surface area contributed by atoms with E-state index >= 15 is 0 Å². The summed E-state index contributed by atoms with van der Waals surface area (Å²) in [5, 5.41) is 0. The van der Waals surface area contributed by atoms with E-state index in [9.17, 15) is 4.39 Å². The highest BCUT2D eigenvalue weighted by molar-refractivity contribution is 5.47. The van der Waals surface area contributed by atoms with E-state index in [1.165, 1.54) is 17.2 Å². The maximum Gasteiger partial charge on any atom is 0.129 e. The fourth-order valence-corrected chi connectivity index (χ4v) is 2.07. The lowest BCUT2D eigenvalue weighted by Gasteiger charge is -2.18. The standard InChI is InChI=1S/C16H19FN2/c1-12-6-8-13(9-7-12)10-19(2)11-14-15(17)4-3-5-16(14)18/h3-9H,10-11,18H2,1-2H3. The first-order valence-electron chi connectivity index (χ1n) is 6.33. The van der Waals surface area contributed by atoms with Gasteiger partial charge in [-0.25, -0.2) is 4.39 Å². The van der Waals surface area contributed by atoms with Gasteiger partial charge in [-0.05, 0) is 31.7 Å². The summed E-state index contributed by atoms with van der Waals surface area (Å²) in [6.45, 7) is 3.34. The third-order valence-corrected chi connectivity index (χ3v) is 3.16. The molecule has 0 aliphatic carbocycles. The van der Waals surface area contributed by atoms with Crippen LogP contribution in [-0.4, -0.2) is 11.9 Å². The topological polar surface area (TPSA) is 29.3 Å². The second-order valence-electron chi connectivity index (χ2n) is 4.97. The minimum Gasteiger partial charge on any atom is -0.398 e. The molecule has 19 heavy (non-hydrogen) atoms. The molecule has 0 bridgehead atoms. The van der Waals surface area contributed by atoms with Crippen molar-refractivity contribution in [2.24, 2.45) is 0 Å². The van der Waals surface area contributed by atoms with Gasteiger partial charge in [0.2, 0.25) is 0 Å². The molecule has 2 aromatic rings. The van der Waals surface area contributed by atoms with Gasteiger partial charge in [-0.15, -0.1) is 0 Å². The molecule has 0 unspecified atom stereocenters. The molecule has 2 N–H and O–H groups in total. The van der Waals surface area contributed by atoms with Crippen LogP contribution in [0.3, 0.4) is 0 Å². The first kappa shape index (κ1) is 13.6. The number of nitrogens with two attached hydrogens (primary N) is 1. The molecule has 0 saturated heterocycles. The van der Waals surface area contributed by atoms with Gasteiger partial charge >= 0.3 is 0 Å². The van der Waals surface area contributed by atoms with Gasteiger partial charge in [-0.1, -0.05) is 35.9 Å². The van der Waals surface area contributed by atoms with Crippen LogP contribution in [0.4, 0.5) is 10.1 Å². The smallest absolute Gasteiger partial charge is 0.129 e. The van der Waals surface area contributed by atoms with E-state index in [-0.39, 0.29) is 5.82 Å². The molecule has 2 aromatic carbocycles. The molecule has 100 valence electrons. The number of halogens is 1. The van der Waals surface area contributed by atoms with Crippen molar-refractivity contribution >= 4 is 5.69 Å². The average Bonchev–Trinajstić information content (AvgIpc) is 2.37. The Labute approximate surface area is 113 Å². The number of anilines is 1. The van der Waals surface area contributed by atoms with Gasteiger partial charge in [0.1, 0.15) is 5.82 Å². The summed E-state index contributed by atoms with van der Waals surface area (Å²) in [6, 6.07) is 13.2. The first-order chi connectivity index (χ1) is 9.06. The minimum absolute atomic E-state index is 0.240. The van der Waals surface area contributed by atoms with Crippen LogP contribution < -0.4 is 5.73 Å². The average molecular weight is 258 g/mol. The van der Waals surface area contributed by atoms with E-state index in [1.54, 1.807) is 12.1 Å². The van der Waals surface area contributed by atoms with Crippen LogP contribution in [0.15, 0.2) is 42.5 Å². The van der Waals surface area contributed by atoms with Crippen molar-refractivity contribution < 1.29 is 4.39 Å². The lowest BCUT2D eigenvalue weighted by Crippen LogP contribution is -2.19. The molecule has 0 aliphatic rings. The monoisotopic (exact) mass is 258 g/mol. The van der Waals surface area contributed by atoms with Crippen molar-refractivity contribution in [2.75, 3.05) is 12.8 Å². The van der Waals surface area contributed by atoms with Gasteiger partial charge in [-0.2, -0.15) is 0 Å². The zero-order valence-electron chi connectivity index (χ0n) is 11.4. The number of nitrogen functional groups attached to an aromatic ring is 1. The molecule has 0 aliphatic heterocycles. The second kappa shape index (κ2) is 5.85. The zero-order valence-corrected chi connectivity index (χ0v) is 11.4. The number of rotatable bonds is 4. The SMILES string of the molecule is Cc1ccc(CN(C)Cc2c(N)cccc2F)cc1. The van der Waals surface area contributed by atoms with Crippen LogP contribution in [0, 0.1) is 12.7 Å². The highest BCUT2D eigenvalue weighted by Gasteiger charge is 2.09. The Bertz CT molecular complexity index is 529. The molecule has 0 atom stereocenters. The molecule has 0 amide bonds. The predicted molar refractivity (Wildman–Crippen MR) is 77.2 cm³/mol. The summed E-state index contributed by atoms with van der Waals surface area (Å²) in [6.07, 6.45) is 0. The lowest BCUT2D eigenvalue weighted by atomic mass is 10.1. The molecule has 0 fully saturated rings. The summed E-state index contributed by atoms with van der Waals surface area (Å²) in [5.74, 6) is -0.240. The van der Waals surface area contributed by atoms with Gasteiger partial charge < -0.3 is 5.73 Å². The molecule has 0 spiro atoms. The Hall–Kier alpha value is -1.87. The van der Waals surface area contributed by atoms with Gasteiger partial charge in [0, 0.05) is 24.3 Å². The normalized spacial score (nSPS) is 10.9. The van der Waals surface area contributed by atoms with E-state index < -0.39 is 0 Å². The van der Waals surface area contributed by atoms with E-state index in [1.807, 2.05) is 7.05 Å². The van der Waals surface area contributed by atoms with Crippen molar-refractivity contribution in [2.45, 2.75) is 20.0 Å². The fraction of sp³-hybridized carbons (Fsp3) is 0.250. The fourth-order valence-electron chi connectivity index (χ4n) is 2.07. The lowest BCUT2D eigenvalue weighted by molar-refractivity contribution is 0.314. The zero-order chi connectivity index (χ0) is 13.8. The van der Waals surface area contributed by atoms with Crippen molar-refractivity contribution in [1.29, 1.82) is 0 Å². The molecular weight excluding hydrogens is 239 g/mol. The van der Waals surface area contributed by atoms with Crippen molar-refractivity contribution in [3.63, 3.8) is 0 Å². The Kier molecular flexibility index (Phi) is 4.17. The third-order valence-electron chi connectivity index (χ3n) is 3.16. The molecule has 0 radical (unpaired) electrons. The minimum atomic E-state index is -0.240. The third kappa shape index (κ3) is 3.55. The highest BCUT2D eigenvalue weighted by atomic mass is 19.1. The summed E-state index contributed by atoms with van der Waals surface area (Å²) in [5.41, 5.74) is 9.34. The molecule has 0 saturated carbocycles. The summed E-state index contributed by atoms with van der Waals surface area (Å²) >= 11 is 0. The maximum absolute atomic E-state index is 13.7. The molecule has 3 heteroatoms. The largest absolute Gasteiger partial charge is 0.398 e. The summed E-state index contributed by atoms with van der Waals surface area (Å²) < 4.78 is 13.7. The van der Waals surface area contributed by atoms with E-state index in [0.717, 1.165) is 6.54 Å². The van der Waals surface area contributed by atoms with Crippen LogP contribution >= 0.6 is 0 Å². The quantitative estimate of drug-likeness (QED) is 0.852. The highest BCUT2D eigenvalue weighted by Crippen LogP contribution is 2.18. The van der Waals surface area contributed by atoms with E-state index in [0.29, 0.717) is 17.8 Å². The first-order valence-corrected chi connectivity index (χ1v) is 6.33. The summed E-state index contributed by atoms with van der Waals surface area (Å²) in [7, 11) is 1.96. The molecular formula is C16H19FN2. The van der Waals surface area contributed by atoms with Crippen LogP contribution in [0.5, 0.6) is 0 Å². The van der Waals surface area contributed by atoms with Crippen molar-refractivity contribution in [3.8, 4) is 0 Å². The van der Waals surface area contributed by atoms with Crippen LogP contribution in [-0.2, 0) is 13.1 Å². The number of hydrogen-bond acceptors (Lipinski definition) is 2. The van der Waals surface area contributed by atoms with Gasteiger partial charge in [-0.3, -0.25) is 4.90 Å². The molecule has 2 nitrogen and oxygen atoms in total. The van der Waals surface area contributed by atoms with Gasteiger partial charge in [0.25, 0.3) is 0 Å². The Balaban J connectivity index is 2.05. The Morgan fingerprint density at radius 2 is 1.74 bits per heavy atom. The van der Waals surface area contributed by atoms with E-state index in [4.69, 9.17) is 5.73 Å². The number of nitrogens with zero attached hydrogens (tertiary/aromatic N) is 1. The predicted octanol–water partition coefficient (Wildman–Crippen LogP) is 3.35. The van der Waals surface area contributed by atoms with Gasteiger partial charge in [0.05, 0.1) is 0 Å². The molecule has 0 aromatic heterocycles. The van der Waals surface area contributed by atoms with Crippen molar-refractivity contribution in [3.05, 3.63) is 65.0 Å². The van der Waals surface area contributed by atoms with Crippen LogP contribution in [0.25, 0.3) is 0 Å². The second-order valence-corrected chi connectivity index (χ2v) is 4.97. The maximum atomic E-state index is 13.7.